The number of H-pyrrole nitrogens is 2. The Hall–Kier alpha value is -1.10. The number of hydrogen-bond acceptors (Lipinski definition) is 3. The molecule has 0 amide bonds. The maximum Gasteiger partial charge on any atom is 0.340 e. The molecule has 0 spiro atoms. The number of hydrogen-bond donors (Lipinski definition) is 2. The molecule has 1 aromatic rings. The van der Waals surface area contributed by atoms with Crippen LogP contribution < -0.4 is 5.69 Å². The van der Waals surface area contributed by atoms with E-state index in [0.717, 1.165) is 12.8 Å². The minimum Gasteiger partial charge on any atom is -0.373 e. The van der Waals surface area contributed by atoms with Crippen LogP contribution in [0.4, 0.5) is 0 Å². The molecule has 0 saturated heterocycles. The molecule has 68 valence electrons. The lowest BCUT2D eigenvalue weighted by molar-refractivity contribution is 0.0879. The van der Waals surface area contributed by atoms with Gasteiger partial charge in [-0.05, 0) is 6.42 Å². The molecule has 12 heavy (non-hydrogen) atoms. The fraction of sp³-hybridized carbons (Fsp3) is 0.714. The second-order valence-corrected chi connectivity index (χ2v) is 2.58. The summed E-state index contributed by atoms with van der Waals surface area (Å²) >= 11 is 0. The molecule has 0 aliphatic heterocycles. The van der Waals surface area contributed by atoms with E-state index < -0.39 is 0 Å². The van der Waals surface area contributed by atoms with Crippen LogP contribution in [0.1, 0.15) is 31.7 Å². The first-order valence-electron chi connectivity index (χ1n) is 3.95. The van der Waals surface area contributed by atoms with E-state index in [1.807, 2.05) is 0 Å². The third-order valence-electron chi connectivity index (χ3n) is 1.66. The Morgan fingerprint density at radius 2 is 2.42 bits per heavy atom. The maximum atomic E-state index is 10.7. The van der Waals surface area contributed by atoms with Crippen molar-refractivity contribution >= 4 is 0 Å². The number of rotatable bonds is 4. The molecule has 0 fully saturated rings. The van der Waals surface area contributed by atoms with E-state index in [2.05, 4.69) is 22.1 Å². The summed E-state index contributed by atoms with van der Waals surface area (Å²) in [6, 6.07) is 0. The smallest absolute Gasteiger partial charge is 0.340 e. The standard InChI is InChI=1S/C7H13N3O2/c1-3-4-5(12-2)6-8-7(11)10-9-6/h5H,3-4H2,1-2H3,(H2,8,9,10,11). The van der Waals surface area contributed by atoms with Crippen molar-refractivity contribution in [3.05, 3.63) is 16.3 Å². The van der Waals surface area contributed by atoms with E-state index in [0.29, 0.717) is 5.82 Å². The summed E-state index contributed by atoms with van der Waals surface area (Å²) in [7, 11) is 1.60. The lowest BCUT2D eigenvalue weighted by Crippen LogP contribution is -2.06. The second-order valence-electron chi connectivity index (χ2n) is 2.58. The molecule has 0 saturated carbocycles. The highest BCUT2D eigenvalue weighted by molar-refractivity contribution is 4.86. The van der Waals surface area contributed by atoms with Gasteiger partial charge in [0.15, 0.2) is 5.82 Å². The number of aromatic amines is 2. The zero-order valence-electron chi connectivity index (χ0n) is 7.26. The Labute approximate surface area is 70.1 Å². The van der Waals surface area contributed by atoms with Crippen LogP contribution in [0, 0.1) is 0 Å². The van der Waals surface area contributed by atoms with Gasteiger partial charge in [0.1, 0.15) is 6.10 Å². The van der Waals surface area contributed by atoms with Crippen LogP contribution in [-0.2, 0) is 4.74 Å². The van der Waals surface area contributed by atoms with Gasteiger partial charge in [-0.2, -0.15) is 5.10 Å². The minimum absolute atomic E-state index is 0.103. The van der Waals surface area contributed by atoms with Gasteiger partial charge in [-0.3, -0.25) is 4.98 Å². The molecule has 1 unspecified atom stereocenters. The van der Waals surface area contributed by atoms with Crippen molar-refractivity contribution in [2.75, 3.05) is 7.11 Å². The van der Waals surface area contributed by atoms with E-state index in [9.17, 15) is 4.79 Å². The Kier molecular flexibility index (Phi) is 3.04. The summed E-state index contributed by atoms with van der Waals surface area (Å²) in [6.07, 6.45) is 1.75. The third kappa shape index (κ3) is 1.94. The van der Waals surface area contributed by atoms with Gasteiger partial charge < -0.3 is 4.74 Å². The SMILES string of the molecule is CCCC(OC)c1n[nH]c(=O)[nH]1. The van der Waals surface area contributed by atoms with E-state index in [-0.39, 0.29) is 11.8 Å². The van der Waals surface area contributed by atoms with Gasteiger partial charge in [0.05, 0.1) is 0 Å². The number of aromatic nitrogens is 3. The van der Waals surface area contributed by atoms with Crippen molar-refractivity contribution in [2.45, 2.75) is 25.9 Å². The van der Waals surface area contributed by atoms with Gasteiger partial charge in [-0.15, -0.1) is 0 Å². The molecule has 1 atom stereocenters. The Bertz CT molecular complexity index is 278. The lowest BCUT2D eigenvalue weighted by atomic mass is 10.2. The molecule has 5 heteroatoms. The van der Waals surface area contributed by atoms with E-state index in [1.165, 1.54) is 0 Å². The monoisotopic (exact) mass is 171 g/mol. The van der Waals surface area contributed by atoms with Crippen LogP contribution in [-0.4, -0.2) is 22.3 Å². The van der Waals surface area contributed by atoms with Crippen LogP contribution in [0.3, 0.4) is 0 Å². The molecule has 1 rings (SSSR count). The molecular weight excluding hydrogens is 158 g/mol. The van der Waals surface area contributed by atoms with Gasteiger partial charge >= 0.3 is 5.69 Å². The summed E-state index contributed by atoms with van der Waals surface area (Å²) in [4.78, 5) is 13.3. The van der Waals surface area contributed by atoms with Crippen molar-refractivity contribution < 1.29 is 4.74 Å². The first-order chi connectivity index (χ1) is 5.77. The average molecular weight is 171 g/mol. The molecule has 0 bridgehead atoms. The molecule has 0 aliphatic carbocycles. The summed E-state index contributed by atoms with van der Waals surface area (Å²) in [6.45, 7) is 2.05. The fourth-order valence-corrected chi connectivity index (χ4v) is 1.06. The van der Waals surface area contributed by atoms with Crippen LogP contribution in [0.15, 0.2) is 4.79 Å². The Morgan fingerprint density at radius 1 is 1.67 bits per heavy atom. The predicted molar refractivity (Wildman–Crippen MR) is 43.9 cm³/mol. The molecule has 0 aromatic carbocycles. The lowest BCUT2D eigenvalue weighted by Gasteiger charge is -2.09. The molecular formula is C7H13N3O2. The van der Waals surface area contributed by atoms with Gasteiger partial charge in [-0.1, -0.05) is 13.3 Å². The van der Waals surface area contributed by atoms with Crippen molar-refractivity contribution in [2.24, 2.45) is 0 Å². The van der Waals surface area contributed by atoms with Crippen molar-refractivity contribution in [3.8, 4) is 0 Å². The summed E-state index contributed by atoms with van der Waals surface area (Å²) in [5, 5.41) is 6.09. The number of ether oxygens (including phenoxy) is 1. The zero-order valence-corrected chi connectivity index (χ0v) is 7.26. The molecule has 1 heterocycles. The highest BCUT2D eigenvalue weighted by Gasteiger charge is 2.12. The zero-order chi connectivity index (χ0) is 8.97. The van der Waals surface area contributed by atoms with Crippen LogP contribution in [0.25, 0.3) is 0 Å². The van der Waals surface area contributed by atoms with Crippen molar-refractivity contribution in [1.29, 1.82) is 0 Å². The molecule has 0 radical (unpaired) electrons. The van der Waals surface area contributed by atoms with Crippen LogP contribution in [0.5, 0.6) is 0 Å². The Balaban J connectivity index is 2.72. The molecule has 1 aromatic heterocycles. The van der Waals surface area contributed by atoms with Crippen LogP contribution in [0.2, 0.25) is 0 Å². The average Bonchev–Trinajstić information content (AvgIpc) is 2.47. The second kappa shape index (κ2) is 4.06. The first-order valence-corrected chi connectivity index (χ1v) is 3.95. The van der Waals surface area contributed by atoms with Crippen LogP contribution >= 0.6 is 0 Å². The third-order valence-corrected chi connectivity index (χ3v) is 1.66. The maximum absolute atomic E-state index is 10.7. The first kappa shape index (κ1) is 8.99. The van der Waals surface area contributed by atoms with E-state index in [1.54, 1.807) is 7.11 Å². The highest BCUT2D eigenvalue weighted by Crippen LogP contribution is 2.15. The molecule has 2 N–H and O–H groups in total. The van der Waals surface area contributed by atoms with Gasteiger partial charge in [-0.25, -0.2) is 9.89 Å². The van der Waals surface area contributed by atoms with Crippen molar-refractivity contribution in [3.63, 3.8) is 0 Å². The number of methoxy groups -OCH3 is 1. The van der Waals surface area contributed by atoms with Crippen molar-refractivity contribution in [1.82, 2.24) is 15.2 Å². The summed E-state index contributed by atoms with van der Waals surface area (Å²) in [5.41, 5.74) is -0.289. The minimum atomic E-state index is -0.289. The van der Waals surface area contributed by atoms with Gasteiger partial charge in [0, 0.05) is 7.11 Å². The number of nitrogens with zero attached hydrogens (tertiary/aromatic N) is 1. The highest BCUT2D eigenvalue weighted by atomic mass is 16.5. The Morgan fingerprint density at radius 3 is 2.83 bits per heavy atom. The number of nitrogens with one attached hydrogen (secondary N) is 2. The fourth-order valence-electron chi connectivity index (χ4n) is 1.06. The van der Waals surface area contributed by atoms with Gasteiger partial charge in [0.25, 0.3) is 0 Å². The normalized spacial score (nSPS) is 13.2. The summed E-state index contributed by atoms with van der Waals surface area (Å²) in [5.74, 6) is 0.573. The van der Waals surface area contributed by atoms with Gasteiger partial charge in [0.2, 0.25) is 0 Å². The summed E-state index contributed by atoms with van der Waals surface area (Å²) < 4.78 is 5.14. The topological polar surface area (TPSA) is 70.8 Å². The predicted octanol–water partition coefficient (Wildman–Crippen LogP) is 0.586. The van der Waals surface area contributed by atoms with E-state index >= 15 is 0 Å². The largest absolute Gasteiger partial charge is 0.373 e. The quantitative estimate of drug-likeness (QED) is 0.696. The van der Waals surface area contributed by atoms with E-state index in [4.69, 9.17) is 4.74 Å². The molecule has 0 aliphatic rings. The molecule has 5 nitrogen and oxygen atoms in total.